The molecule has 1 atom stereocenters. The van der Waals surface area contributed by atoms with E-state index in [9.17, 15) is 4.79 Å². The molecular weight excluding hydrogens is 192 g/mol. The van der Waals surface area contributed by atoms with E-state index < -0.39 is 5.60 Å². The first kappa shape index (κ1) is 11.7. The minimum absolute atomic E-state index is 0.144. The maximum absolute atomic E-state index is 12.0. The van der Waals surface area contributed by atoms with Crippen molar-refractivity contribution < 1.29 is 13.9 Å². The Morgan fingerprint density at radius 2 is 2.47 bits per heavy atom. The number of Topliss-reactive ketones (excluding diaryl/α,β-unsaturated/α-hetero) is 1. The number of carbonyl (C=O) groups is 1. The zero-order chi connectivity index (χ0) is 11.3. The highest BCUT2D eigenvalue weighted by Crippen LogP contribution is 2.22. The van der Waals surface area contributed by atoms with E-state index in [-0.39, 0.29) is 5.78 Å². The van der Waals surface area contributed by atoms with Crippen molar-refractivity contribution >= 4 is 5.78 Å². The standard InChI is InChI=1S/C12H16O3/c1-4-8-12(3,15-5-2)11(13)10-7-6-9-14-10/h4,6-7,9H,1,5,8H2,2-3H3. The van der Waals surface area contributed by atoms with Crippen LogP contribution in [0.4, 0.5) is 0 Å². The minimum atomic E-state index is -0.867. The Bertz CT molecular complexity index is 327. The average molecular weight is 208 g/mol. The maximum Gasteiger partial charge on any atom is 0.229 e. The number of ketones is 1. The molecule has 15 heavy (non-hydrogen) atoms. The van der Waals surface area contributed by atoms with Crippen LogP contribution in [0.3, 0.4) is 0 Å². The van der Waals surface area contributed by atoms with Crippen molar-refractivity contribution in [3.05, 3.63) is 36.8 Å². The molecule has 1 aromatic heterocycles. The van der Waals surface area contributed by atoms with Crippen LogP contribution in [-0.4, -0.2) is 18.0 Å². The summed E-state index contributed by atoms with van der Waals surface area (Å²) in [6, 6.07) is 3.33. The predicted molar refractivity (Wildman–Crippen MR) is 57.9 cm³/mol. The van der Waals surface area contributed by atoms with Crippen molar-refractivity contribution in [3.8, 4) is 0 Å². The van der Waals surface area contributed by atoms with Crippen LogP contribution in [0.1, 0.15) is 30.8 Å². The lowest BCUT2D eigenvalue weighted by molar-refractivity contribution is -0.00958. The van der Waals surface area contributed by atoms with Crippen LogP contribution < -0.4 is 0 Å². The highest BCUT2D eigenvalue weighted by atomic mass is 16.5. The second-order valence-electron chi connectivity index (χ2n) is 3.46. The summed E-state index contributed by atoms with van der Waals surface area (Å²) in [6.45, 7) is 7.72. The molecule has 0 saturated carbocycles. The summed E-state index contributed by atoms with van der Waals surface area (Å²) in [4.78, 5) is 12.0. The smallest absolute Gasteiger partial charge is 0.229 e. The molecule has 0 amide bonds. The van der Waals surface area contributed by atoms with Crippen molar-refractivity contribution in [2.75, 3.05) is 6.61 Å². The van der Waals surface area contributed by atoms with Gasteiger partial charge in [0.2, 0.25) is 5.78 Å². The lowest BCUT2D eigenvalue weighted by atomic mass is 9.94. The lowest BCUT2D eigenvalue weighted by Gasteiger charge is -2.25. The Morgan fingerprint density at radius 1 is 1.73 bits per heavy atom. The fourth-order valence-electron chi connectivity index (χ4n) is 1.48. The fraction of sp³-hybridized carbons (Fsp3) is 0.417. The molecule has 1 aromatic rings. The SMILES string of the molecule is C=CCC(C)(OCC)C(=O)c1ccco1. The van der Waals surface area contributed by atoms with Gasteiger partial charge in [-0.15, -0.1) is 6.58 Å². The summed E-state index contributed by atoms with van der Waals surface area (Å²) in [5, 5.41) is 0. The summed E-state index contributed by atoms with van der Waals surface area (Å²) in [5.74, 6) is 0.182. The average Bonchev–Trinajstić information content (AvgIpc) is 2.70. The van der Waals surface area contributed by atoms with Gasteiger partial charge in [0.05, 0.1) is 6.26 Å². The second-order valence-corrected chi connectivity index (χ2v) is 3.46. The number of carbonyl (C=O) groups excluding carboxylic acids is 1. The van der Waals surface area contributed by atoms with Crippen molar-refractivity contribution in [3.63, 3.8) is 0 Å². The van der Waals surface area contributed by atoms with Gasteiger partial charge in [-0.2, -0.15) is 0 Å². The molecule has 0 saturated heterocycles. The Hall–Kier alpha value is -1.35. The molecular formula is C12H16O3. The molecule has 0 N–H and O–H groups in total. The van der Waals surface area contributed by atoms with Gasteiger partial charge in [0, 0.05) is 13.0 Å². The molecule has 3 nitrogen and oxygen atoms in total. The van der Waals surface area contributed by atoms with Crippen molar-refractivity contribution in [2.24, 2.45) is 0 Å². The highest BCUT2D eigenvalue weighted by Gasteiger charge is 2.34. The molecule has 0 aliphatic carbocycles. The summed E-state index contributed by atoms with van der Waals surface area (Å²) < 4.78 is 10.5. The number of rotatable bonds is 6. The Morgan fingerprint density at radius 3 is 2.93 bits per heavy atom. The van der Waals surface area contributed by atoms with Gasteiger partial charge in [-0.25, -0.2) is 0 Å². The van der Waals surface area contributed by atoms with Crippen molar-refractivity contribution in [1.82, 2.24) is 0 Å². The van der Waals surface area contributed by atoms with Gasteiger partial charge in [-0.05, 0) is 26.0 Å². The van der Waals surface area contributed by atoms with E-state index in [1.807, 2.05) is 6.92 Å². The van der Waals surface area contributed by atoms with Crippen molar-refractivity contribution in [2.45, 2.75) is 25.9 Å². The highest BCUT2D eigenvalue weighted by molar-refractivity contribution is 6.00. The van der Waals surface area contributed by atoms with Crippen LogP contribution in [0.2, 0.25) is 0 Å². The van der Waals surface area contributed by atoms with E-state index in [2.05, 4.69) is 6.58 Å². The Kier molecular flexibility index (Phi) is 3.86. The number of ether oxygens (including phenoxy) is 1. The molecule has 0 fully saturated rings. The first-order valence-corrected chi connectivity index (χ1v) is 4.97. The number of hydrogen-bond donors (Lipinski definition) is 0. The third kappa shape index (κ3) is 2.57. The van der Waals surface area contributed by atoms with Crippen molar-refractivity contribution in [1.29, 1.82) is 0 Å². The predicted octanol–water partition coefficient (Wildman–Crippen LogP) is 2.83. The van der Waals surface area contributed by atoms with Gasteiger partial charge in [-0.1, -0.05) is 6.08 Å². The summed E-state index contributed by atoms with van der Waals surface area (Å²) in [6.07, 6.45) is 3.63. The molecule has 1 heterocycles. The first-order chi connectivity index (χ1) is 7.14. The van der Waals surface area contributed by atoms with Crippen LogP contribution in [0.5, 0.6) is 0 Å². The lowest BCUT2D eigenvalue weighted by Crippen LogP contribution is -2.38. The van der Waals surface area contributed by atoms with Crippen LogP contribution in [0.25, 0.3) is 0 Å². The quantitative estimate of drug-likeness (QED) is 0.533. The molecule has 0 spiro atoms. The van der Waals surface area contributed by atoms with Crippen LogP contribution in [-0.2, 0) is 4.74 Å². The van der Waals surface area contributed by atoms with Gasteiger partial charge >= 0.3 is 0 Å². The fourth-order valence-corrected chi connectivity index (χ4v) is 1.48. The molecule has 0 aromatic carbocycles. The van der Waals surface area contributed by atoms with Gasteiger partial charge in [0.1, 0.15) is 5.60 Å². The molecule has 0 radical (unpaired) electrons. The third-order valence-electron chi connectivity index (χ3n) is 2.22. The molecule has 3 heteroatoms. The zero-order valence-electron chi connectivity index (χ0n) is 9.16. The molecule has 1 unspecified atom stereocenters. The van der Waals surface area contributed by atoms with E-state index in [1.54, 1.807) is 25.1 Å². The zero-order valence-corrected chi connectivity index (χ0v) is 9.16. The van der Waals surface area contributed by atoms with Gasteiger partial charge in [-0.3, -0.25) is 4.79 Å². The van der Waals surface area contributed by atoms with Crippen LogP contribution >= 0.6 is 0 Å². The monoisotopic (exact) mass is 208 g/mol. The molecule has 82 valence electrons. The van der Waals surface area contributed by atoms with E-state index in [4.69, 9.17) is 9.15 Å². The van der Waals surface area contributed by atoms with E-state index in [0.717, 1.165) is 0 Å². The molecule has 0 bridgehead atoms. The molecule has 0 aliphatic heterocycles. The van der Waals surface area contributed by atoms with E-state index >= 15 is 0 Å². The normalized spacial score (nSPS) is 14.5. The van der Waals surface area contributed by atoms with Gasteiger partial charge < -0.3 is 9.15 Å². The number of hydrogen-bond acceptors (Lipinski definition) is 3. The Labute approximate surface area is 89.7 Å². The summed E-state index contributed by atoms with van der Waals surface area (Å²) >= 11 is 0. The van der Waals surface area contributed by atoms with E-state index in [0.29, 0.717) is 18.8 Å². The van der Waals surface area contributed by atoms with Gasteiger partial charge in [0.15, 0.2) is 5.76 Å². The third-order valence-corrected chi connectivity index (χ3v) is 2.22. The molecule has 0 aliphatic rings. The Balaban J connectivity index is 2.89. The molecule has 1 rings (SSSR count). The van der Waals surface area contributed by atoms with E-state index in [1.165, 1.54) is 6.26 Å². The topological polar surface area (TPSA) is 39.4 Å². The van der Waals surface area contributed by atoms with Crippen LogP contribution in [0.15, 0.2) is 35.5 Å². The largest absolute Gasteiger partial charge is 0.461 e. The number of furan rings is 1. The van der Waals surface area contributed by atoms with Gasteiger partial charge in [0.25, 0.3) is 0 Å². The van der Waals surface area contributed by atoms with Crippen LogP contribution in [0, 0.1) is 0 Å². The minimum Gasteiger partial charge on any atom is -0.461 e. The summed E-state index contributed by atoms with van der Waals surface area (Å²) in [5.41, 5.74) is -0.867. The second kappa shape index (κ2) is 4.94. The maximum atomic E-state index is 12.0. The first-order valence-electron chi connectivity index (χ1n) is 4.97. The summed E-state index contributed by atoms with van der Waals surface area (Å²) in [7, 11) is 0.